The summed E-state index contributed by atoms with van der Waals surface area (Å²) in [6.07, 6.45) is 11.2. The number of fused-ring (bicyclic) bond motifs is 2. The van der Waals surface area contributed by atoms with Crippen LogP contribution in [0.5, 0.6) is 23.0 Å². The number of phenols is 1. The summed E-state index contributed by atoms with van der Waals surface area (Å²) in [7, 11) is 4.89. The standard InChI is InChI=1S/C33H46B2O6/c1-21(2)11-13-23-25(39-18-10-8-16-35-5)19-27-30(31(23)36)32(37)29-24(14-12-22(3)4)33(38-6)28(20-26(29)41-27)40-17-9-7-15-34/h11-12,19-20,35-36H,7-10,13-18,34H2,1-6H3. The van der Waals surface area contributed by atoms with E-state index < -0.39 is 0 Å². The maximum absolute atomic E-state index is 14.2. The number of hydrogen-bond donors (Lipinski definition) is 1. The van der Waals surface area contributed by atoms with Gasteiger partial charge in [-0.25, -0.2) is 0 Å². The van der Waals surface area contributed by atoms with Gasteiger partial charge in [-0.3, -0.25) is 4.79 Å². The van der Waals surface area contributed by atoms with Gasteiger partial charge < -0.3 is 23.7 Å². The Hall–Kier alpha value is -3.28. The number of allylic oxidation sites excluding steroid dienone is 4. The third-order valence-electron chi connectivity index (χ3n) is 7.20. The van der Waals surface area contributed by atoms with Gasteiger partial charge in [0.1, 0.15) is 43.2 Å². The number of ether oxygens (including phenoxy) is 3. The zero-order chi connectivity index (χ0) is 29.9. The maximum atomic E-state index is 14.2. The van der Waals surface area contributed by atoms with Crippen LogP contribution in [0.2, 0.25) is 19.5 Å². The Balaban J connectivity index is 2.28. The Morgan fingerprint density at radius 1 is 0.902 bits per heavy atom. The molecule has 0 aliphatic carbocycles. The first-order valence-electron chi connectivity index (χ1n) is 15.1. The van der Waals surface area contributed by atoms with E-state index in [0.717, 1.165) is 56.7 Å². The molecule has 0 aliphatic heterocycles. The Kier molecular flexibility index (Phi) is 12.3. The van der Waals surface area contributed by atoms with Crippen LogP contribution in [0.25, 0.3) is 21.9 Å². The molecule has 1 aromatic heterocycles. The molecule has 6 nitrogen and oxygen atoms in total. The van der Waals surface area contributed by atoms with Crippen molar-refractivity contribution in [1.29, 1.82) is 0 Å². The van der Waals surface area contributed by atoms with Gasteiger partial charge in [-0.05, 0) is 53.4 Å². The molecule has 0 unspecified atom stereocenters. The fourth-order valence-corrected chi connectivity index (χ4v) is 4.91. The molecule has 2 aromatic carbocycles. The number of methoxy groups -OCH3 is 1. The summed E-state index contributed by atoms with van der Waals surface area (Å²) in [6.45, 7) is 11.3. The first kappa shape index (κ1) is 32.2. The first-order chi connectivity index (χ1) is 19.7. The topological polar surface area (TPSA) is 78.1 Å². The monoisotopic (exact) mass is 560 g/mol. The van der Waals surface area contributed by atoms with Crippen molar-refractivity contribution >= 4 is 37.1 Å². The Labute approximate surface area is 246 Å². The van der Waals surface area contributed by atoms with Gasteiger partial charge in [0.05, 0.1) is 25.7 Å². The van der Waals surface area contributed by atoms with Crippen LogP contribution in [0, 0.1) is 0 Å². The highest BCUT2D eigenvalue weighted by Crippen LogP contribution is 2.41. The highest BCUT2D eigenvalue weighted by molar-refractivity contribution is 6.33. The number of aromatic hydroxyl groups is 1. The number of benzene rings is 2. The van der Waals surface area contributed by atoms with E-state index >= 15 is 0 Å². The normalized spacial score (nSPS) is 11.0. The molecule has 0 radical (unpaired) electrons. The van der Waals surface area contributed by atoms with Crippen molar-refractivity contribution in [3.05, 3.63) is 56.8 Å². The summed E-state index contributed by atoms with van der Waals surface area (Å²) in [5.41, 5.74) is 3.91. The summed E-state index contributed by atoms with van der Waals surface area (Å²) < 4.78 is 24.5. The van der Waals surface area contributed by atoms with Gasteiger partial charge in [0.15, 0.2) is 11.5 Å². The van der Waals surface area contributed by atoms with E-state index in [-0.39, 0.29) is 16.6 Å². The van der Waals surface area contributed by atoms with Gasteiger partial charge in [-0.15, -0.1) is 0 Å². The predicted molar refractivity (Wildman–Crippen MR) is 175 cm³/mol. The van der Waals surface area contributed by atoms with E-state index in [0.29, 0.717) is 71.0 Å². The van der Waals surface area contributed by atoms with Gasteiger partial charge in [-0.2, -0.15) is 0 Å². The maximum Gasteiger partial charge on any atom is 0.204 e. The fourth-order valence-electron chi connectivity index (χ4n) is 4.91. The van der Waals surface area contributed by atoms with E-state index in [1.54, 1.807) is 19.2 Å². The summed E-state index contributed by atoms with van der Waals surface area (Å²) in [5.74, 6) is 1.52. The van der Waals surface area contributed by atoms with Crippen molar-refractivity contribution in [3.63, 3.8) is 0 Å². The summed E-state index contributed by atoms with van der Waals surface area (Å²) in [4.78, 5) is 14.2. The zero-order valence-electron chi connectivity index (χ0n) is 26.1. The number of unbranched alkanes of at least 4 members (excludes halogenated alkanes) is 2. The lowest BCUT2D eigenvalue weighted by Gasteiger charge is -2.18. The van der Waals surface area contributed by atoms with Crippen molar-refractivity contribution in [2.45, 2.75) is 85.7 Å². The molecule has 0 spiro atoms. The smallest absolute Gasteiger partial charge is 0.204 e. The predicted octanol–water partition coefficient (Wildman–Crippen LogP) is 6.95. The SMILES string of the molecule is BCCCCOc1cc2oc3cc(OCCCCBC)c(CC=C(C)C)c(O)c3c(=O)c2c(CC=C(C)C)c1OC. The lowest BCUT2D eigenvalue weighted by atomic mass is 9.76. The molecule has 0 fully saturated rings. The second-order valence-electron chi connectivity index (χ2n) is 11.2. The second-order valence-corrected chi connectivity index (χ2v) is 11.2. The first-order valence-corrected chi connectivity index (χ1v) is 15.1. The number of phenolic OH excluding ortho intramolecular Hbond substituents is 1. The molecule has 0 amide bonds. The second kappa shape index (κ2) is 15.6. The van der Waals surface area contributed by atoms with Crippen LogP contribution >= 0.6 is 0 Å². The van der Waals surface area contributed by atoms with Crippen molar-refractivity contribution in [1.82, 2.24) is 0 Å². The van der Waals surface area contributed by atoms with E-state index in [2.05, 4.69) is 20.7 Å². The van der Waals surface area contributed by atoms with Crippen LogP contribution in [0.3, 0.4) is 0 Å². The highest BCUT2D eigenvalue weighted by Gasteiger charge is 2.24. The molecule has 0 saturated carbocycles. The van der Waals surface area contributed by atoms with Gasteiger partial charge >= 0.3 is 0 Å². The Morgan fingerprint density at radius 3 is 2.10 bits per heavy atom. The minimum atomic E-state index is -0.292. The van der Waals surface area contributed by atoms with Gasteiger partial charge in [0, 0.05) is 23.3 Å². The number of hydrogen-bond acceptors (Lipinski definition) is 6. The molecule has 1 heterocycles. The highest BCUT2D eigenvalue weighted by atomic mass is 16.5. The van der Waals surface area contributed by atoms with Crippen LogP contribution in [-0.4, -0.2) is 40.6 Å². The van der Waals surface area contributed by atoms with E-state index in [1.165, 1.54) is 0 Å². The van der Waals surface area contributed by atoms with Crippen LogP contribution in [0.15, 0.2) is 44.6 Å². The summed E-state index contributed by atoms with van der Waals surface area (Å²) >= 11 is 0. The fraction of sp³-hybridized carbons (Fsp3) is 0.485. The molecular weight excluding hydrogens is 514 g/mol. The van der Waals surface area contributed by atoms with Crippen LogP contribution < -0.4 is 19.6 Å². The molecule has 0 bridgehead atoms. The molecule has 41 heavy (non-hydrogen) atoms. The molecule has 3 aromatic rings. The molecule has 1 N–H and O–H groups in total. The van der Waals surface area contributed by atoms with Crippen LogP contribution in [0.1, 0.15) is 64.5 Å². The van der Waals surface area contributed by atoms with Crippen LogP contribution in [-0.2, 0) is 12.8 Å². The minimum absolute atomic E-state index is 0.0915. The van der Waals surface area contributed by atoms with Gasteiger partial charge in [0.2, 0.25) is 5.43 Å². The summed E-state index contributed by atoms with van der Waals surface area (Å²) in [6, 6.07) is 3.50. The molecule has 8 heteroatoms. The molecule has 0 saturated heterocycles. The Bertz CT molecular complexity index is 1450. The number of rotatable bonds is 16. The average molecular weight is 560 g/mol. The molecule has 220 valence electrons. The van der Waals surface area contributed by atoms with Crippen molar-refractivity contribution in [2.24, 2.45) is 0 Å². The summed E-state index contributed by atoms with van der Waals surface area (Å²) in [5, 5.41) is 12.1. The van der Waals surface area contributed by atoms with E-state index in [9.17, 15) is 9.90 Å². The van der Waals surface area contributed by atoms with Gasteiger partial charge in [0.25, 0.3) is 0 Å². The van der Waals surface area contributed by atoms with E-state index in [1.807, 2.05) is 33.8 Å². The molecular formula is C33H46B2O6. The zero-order valence-corrected chi connectivity index (χ0v) is 26.1. The van der Waals surface area contributed by atoms with E-state index in [4.69, 9.17) is 18.6 Å². The van der Waals surface area contributed by atoms with Crippen LogP contribution in [0.4, 0.5) is 0 Å². The molecule has 0 atom stereocenters. The average Bonchev–Trinajstić information content (AvgIpc) is 2.93. The minimum Gasteiger partial charge on any atom is -0.507 e. The third kappa shape index (κ3) is 8.14. The lowest BCUT2D eigenvalue weighted by Crippen LogP contribution is -2.10. The Morgan fingerprint density at radius 2 is 1.49 bits per heavy atom. The van der Waals surface area contributed by atoms with Crippen molar-refractivity contribution in [2.75, 3.05) is 20.3 Å². The van der Waals surface area contributed by atoms with Crippen molar-refractivity contribution < 1.29 is 23.7 Å². The van der Waals surface area contributed by atoms with Crippen molar-refractivity contribution in [3.8, 4) is 23.0 Å². The largest absolute Gasteiger partial charge is 0.507 e. The molecule has 3 rings (SSSR count). The molecule has 0 aliphatic rings. The lowest BCUT2D eigenvalue weighted by molar-refractivity contribution is 0.287. The quantitative estimate of drug-likeness (QED) is 0.0885. The third-order valence-corrected chi connectivity index (χ3v) is 7.20. The van der Waals surface area contributed by atoms with Gasteiger partial charge in [-0.1, -0.05) is 55.6 Å².